The molecule has 0 aromatic rings. The Labute approximate surface area is 172 Å². The number of fused-ring (bicyclic) bond motifs is 2. The largest absolute Gasteiger partial charge is 0.467 e. The summed E-state index contributed by atoms with van der Waals surface area (Å²) in [5.41, 5.74) is -0.411. The van der Waals surface area contributed by atoms with E-state index >= 15 is 0 Å². The molecule has 0 aliphatic carbocycles. The lowest BCUT2D eigenvalue weighted by Gasteiger charge is -2.32. The first-order valence-corrected chi connectivity index (χ1v) is 9.81. The molecule has 4 bridgehead atoms. The number of esters is 2. The van der Waals surface area contributed by atoms with E-state index < -0.39 is 65.4 Å². The Hall–Kier alpha value is -2.04. The summed E-state index contributed by atoms with van der Waals surface area (Å²) in [7, 11) is 1.24. The Morgan fingerprint density at radius 2 is 1.93 bits per heavy atom. The van der Waals surface area contributed by atoms with Crippen molar-refractivity contribution >= 4 is 11.9 Å². The lowest BCUT2D eigenvalue weighted by atomic mass is 9.80. The summed E-state index contributed by atoms with van der Waals surface area (Å²) < 4.78 is 28.5. The van der Waals surface area contributed by atoms with Crippen molar-refractivity contribution in [1.29, 1.82) is 0 Å². The predicted octanol–water partition coefficient (Wildman–Crippen LogP) is 0.112. The lowest BCUT2D eigenvalue weighted by Crippen LogP contribution is -2.43. The topological polar surface area (TPSA) is 127 Å². The van der Waals surface area contributed by atoms with Crippen molar-refractivity contribution in [2.24, 2.45) is 11.8 Å². The van der Waals surface area contributed by atoms with Gasteiger partial charge in [-0.15, -0.1) is 0 Å². The number of hydrogen-bond acceptors (Lipinski definition) is 9. The van der Waals surface area contributed by atoms with Gasteiger partial charge in [-0.2, -0.15) is 0 Å². The summed E-state index contributed by atoms with van der Waals surface area (Å²) in [5.74, 6) is -5.49. The fourth-order valence-electron chi connectivity index (χ4n) is 5.41. The van der Waals surface area contributed by atoms with Gasteiger partial charge in [-0.1, -0.05) is 24.3 Å². The monoisotopic (exact) mass is 420 g/mol. The molecule has 162 valence electrons. The van der Waals surface area contributed by atoms with E-state index in [1.54, 1.807) is 13.8 Å². The van der Waals surface area contributed by atoms with E-state index in [-0.39, 0.29) is 12.0 Å². The second-order valence-electron chi connectivity index (χ2n) is 8.81. The van der Waals surface area contributed by atoms with Crippen molar-refractivity contribution in [2.45, 2.75) is 61.9 Å². The number of epoxide rings is 2. The highest BCUT2D eigenvalue weighted by Gasteiger charge is 2.99. The zero-order valence-corrected chi connectivity index (χ0v) is 16.9. The molecular formula is C21H24O9. The molecule has 3 saturated heterocycles. The van der Waals surface area contributed by atoms with Crippen LogP contribution in [0.15, 0.2) is 36.0 Å². The van der Waals surface area contributed by atoms with Gasteiger partial charge in [-0.3, -0.25) is 0 Å². The Kier molecular flexibility index (Phi) is 3.85. The molecule has 5 aliphatic rings. The normalized spacial score (nSPS) is 50.3. The molecular weight excluding hydrogens is 396 g/mol. The number of aliphatic hydroxyl groups excluding tert-OH is 2. The molecule has 0 radical (unpaired) electrons. The van der Waals surface area contributed by atoms with Gasteiger partial charge in [-0.05, 0) is 19.9 Å². The smallest absolute Gasteiger partial charge is 0.347 e. The average molecular weight is 420 g/mol. The molecule has 2 N–H and O–H groups in total. The number of methoxy groups -OCH3 is 1. The van der Waals surface area contributed by atoms with Crippen LogP contribution in [0.3, 0.4) is 0 Å². The van der Waals surface area contributed by atoms with Crippen molar-refractivity contribution in [3.63, 3.8) is 0 Å². The summed E-state index contributed by atoms with van der Waals surface area (Å²) >= 11 is 0. The van der Waals surface area contributed by atoms with Crippen LogP contribution in [-0.4, -0.2) is 70.9 Å². The molecule has 3 fully saturated rings. The first-order valence-electron chi connectivity index (χ1n) is 9.81. The van der Waals surface area contributed by atoms with Crippen LogP contribution in [0, 0.1) is 11.8 Å². The predicted molar refractivity (Wildman–Crippen MR) is 98.5 cm³/mol. The molecule has 0 saturated carbocycles. The van der Waals surface area contributed by atoms with Crippen LogP contribution in [-0.2, 0) is 33.3 Å². The maximum absolute atomic E-state index is 12.8. The summed E-state index contributed by atoms with van der Waals surface area (Å²) in [5, 5.41) is 21.7. The molecule has 30 heavy (non-hydrogen) atoms. The van der Waals surface area contributed by atoms with Gasteiger partial charge in [0.2, 0.25) is 11.6 Å². The molecule has 0 aromatic heterocycles. The van der Waals surface area contributed by atoms with Gasteiger partial charge < -0.3 is 33.9 Å². The van der Waals surface area contributed by atoms with Gasteiger partial charge in [0.1, 0.15) is 12.2 Å². The van der Waals surface area contributed by atoms with Crippen molar-refractivity contribution in [1.82, 2.24) is 0 Å². The standard InChI is InChI=1S/C21H24O9/c1-8(2)11-7-19-20(29-19,18(25)26-5)17-21(28-17,30-19)13(9(3)4)12-6-10(16(24)27-12)14(22)15(11)23/h6,11-15,17,22-23H,1,3,7H2,2,4-5H3/t11-,12-,13-,14+,15-,17+,19+,20-,21+/m1/s1. The molecule has 0 aromatic carbocycles. The van der Waals surface area contributed by atoms with Crippen LogP contribution in [0.2, 0.25) is 0 Å². The van der Waals surface area contributed by atoms with E-state index in [0.717, 1.165) is 0 Å². The maximum atomic E-state index is 12.8. The van der Waals surface area contributed by atoms with Crippen LogP contribution in [0.1, 0.15) is 20.3 Å². The van der Waals surface area contributed by atoms with Crippen molar-refractivity contribution < 1.29 is 43.5 Å². The Balaban J connectivity index is 1.67. The van der Waals surface area contributed by atoms with Gasteiger partial charge in [0.25, 0.3) is 5.60 Å². The molecule has 5 heterocycles. The fourth-order valence-corrected chi connectivity index (χ4v) is 5.41. The van der Waals surface area contributed by atoms with E-state index in [4.69, 9.17) is 23.7 Å². The van der Waals surface area contributed by atoms with Crippen LogP contribution in [0.4, 0.5) is 0 Å². The summed E-state index contributed by atoms with van der Waals surface area (Å²) in [6.07, 6.45) is -3.05. The highest BCUT2D eigenvalue weighted by atomic mass is 17.0. The maximum Gasteiger partial charge on any atom is 0.347 e. The first-order chi connectivity index (χ1) is 14.0. The molecule has 5 aliphatic heterocycles. The average Bonchev–Trinajstić information content (AvgIpc) is 3.49. The van der Waals surface area contributed by atoms with Gasteiger partial charge in [0.05, 0.1) is 24.7 Å². The third kappa shape index (κ3) is 2.14. The van der Waals surface area contributed by atoms with Crippen molar-refractivity contribution in [2.75, 3.05) is 7.11 Å². The summed E-state index contributed by atoms with van der Waals surface area (Å²) in [6.45, 7) is 11.3. The minimum Gasteiger partial charge on any atom is -0.467 e. The van der Waals surface area contributed by atoms with E-state index in [2.05, 4.69) is 13.2 Å². The first kappa shape index (κ1) is 19.9. The number of ether oxygens (including phenoxy) is 5. The zero-order valence-electron chi connectivity index (χ0n) is 16.9. The highest BCUT2D eigenvalue weighted by molar-refractivity contribution is 5.92. The Bertz CT molecular complexity index is 923. The van der Waals surface area contributed by atoms with Crippen LogP contribution in [0.25, 0.3) is 0 Å². The van der Waals surface area contributed by atoms with Gasteiger partial charge in [-0.25, -0.2) is 9.59 Å². The molecule has 5 rings (SSSR count). The summed E-state index contributed by atoms with van der Waals surface area (Å²) in [4.78, 5) is 25.3. The lowest BCUT2D eigenvalue weighted by molar-refractivity contribution is -0.189. The van der Waals surface area contributed by atoms with Crippen LogP contribution in [0.5, 0.6) is 0 Å². The van der Waals surface area contributed by atoms with Gasteiger partial charge in [0, 0.05) is 12.3 Å². The van der Waals surface area contributed by atoms with E-state index in [9.17, 15) is 19.8 Å². The zero-order chi connectivity index (χ0) is 21.8. The molecule has 0 unspecified atom stereocenters. The number of carbonyl (C=O) groups excluding carboxylic acids is 2. The summed E-state index contributed by atoms with van der Waals surface area (Å²) in [6, 6.07) is 0. The number of hydrogen-bond donors (Lipinski definition) is 2. The minimum atomic E-state index is -1.51. The third-order valence-electron chi connectivity index (χ3n) is 6.93. The fraction of sp³-hybridized carbons (Fsp3) is 0.619. The molecule has 0 amide bonds. The second kappa shape index (κ2) is 5.80. The van der Waals surface area contributed by atoms with Gasteiger partial charge >= 0.3 is 11.9 Å². The molecule has 9 nitrogen and oxygen atoms in total. The quantitative estimate of drug-likeness (QED) is 0.371. The van der Waals surface area contributed by atoms with E-state index in [1.807, 2.05) is 0 Å². The third-order valence-corrected chi connectivity index (χ3v) is 6.93. The van der Waals surface area contributed by atoms with Crippen molar-refractivity contribution in [3.05, 3.63) is 36.0 Å². The van der Waals surface area contributed by atoms with E-state index in [1.165, 1.54) is 13.2 Å². The molecule has 2 spiro atoms. The molecule has 9 atom stereocenters. The highest BCUT2D eigenvalue weighted by Crippen LogP contribution is 2.75. The van der Waals surface area contributed by atoms with Crippen LogP contribution >= 0.6 is 0 Å². The second-order valence-corrected chi connectivity index (χ2v) is 8.81. The van der Waals surface area contributed by atoms with E-state index in [0.29, 0.717) is 11.1 Å². The van der Waals surface area contributed by atoms with Crippen LogP contribution < -0.4 is 0 Å². The van der Waals surface area contributed by atoms with Gasteiger partial charge in [0.15, 0.2) is 6.10 Å². The SMILES string of the molecule is C=C(C)[C@H]1C[C@]23O[C@@]4(O[C@H]4[C@]2(C(=O)OC)O3)[C@H](C(=C)C)[C@H]2C=C(C(=O)O2)[C@H](O)[C@@H]1O. The minimum absolute atomic E-state index is 0.0210. The number of carbonyl (C=O) groups is 2. The Morgan fingerprint density at radius 3 is 2.53 bits per heavy atom. The number of rotatable bonds is 3. The molecule has 9 heteroatoms. The Morgan fingerprint density at radius 1 is 1.23 bits per heavy atom. The van der Waals surface area contributed by atoms with Crippen molar-refractivity contribution in [3.8, 4) is 0 Å². The number of aliphatic hydroxyl groups is 2.